The second-order valence-electron chi connectivity index (χ2n) is 6.19. The number of anilines is 1. The Morgan fingerprint density at radius 1 is 1.33 bits per heavy atom. The van der Waals surface area contributed by atoms with Gasteiger partial charge in [0.1, 0.15) is 5.82 Å². The molecule has 1 aromatic rings. The third-order valence-corrected chi connectivity index (χ3v) is 3.79. The molecule has 4 heteroatoms. The molecule has 0 bridgehead atoms. The smallest absolute Gasteiger partial charge is 0.147 e. The molecule has 0 amide bonds. The number of nitrogens with zero attached hydrogens (tertiary/aromatic N) is 3. The Balaban J connectivity index is 2.01. The van der Waals surface area contributed by atoms with Gasteiger partial charge in [0.2, 0.25) is 0 Å². The molecule has 1 unspecified atom stereocenters. The SMILES string of the molecule is CNCc1cnc(N2CCC(C(C)(C)C)C2)cn1. The van der Waals surface area contributed by atoms with E-state index in [1.807, 2.05) is 19.4 Å². The molecule has 2 rings (SSSR count). The lowest BCUT2D eigenvalue weighted by Gasteiger charge is -2.27. The highest BCUT2D eigenvalue weighted by Crippen LogP contribution is 2.34. The van der Waals surface area contributed by atoms with Crippen molar-refractivity contribution in [2.75, 3.05) is 25.0 Å². The Hall–Kier alpha value is -1.16. The molecule has 18 heavy (non-hydrogen) atoms. The molecule has 4 nitrogen and oxygen atoms in total. The summed E-state index contributed by atoms with van der Waals surface area (Å²) in [4.78, 5) is 11.3. The van der Waals surface area contributed by atoms with Crippen molar-refractivity contribution in [2.45, 2.75) is 33.7 Å². The predicted molar refractivity (Wildman–Crippen MR) is 74.6 cm³/mol. The summed E-state index contributed by atoms with van der Waals surface area (Å²) in [5.74, 6) is 1.76. The number of rotatable bonds is 3. The summed E-state index contributed by atoms with van der Waals surface area (Å²) in [6.07, 6.45) is 5.03. The van der Waals surface area contributed by atoms with Crippen LogP contribution < -0.4 is 10.2 Å². The van der Waals surface area contributed by atoms with Crippen molar-refractivity contribution < 1.29 is 0 Å². The molecule has 2 heterocycles. The minimum absolute atomic E-state index is 0.383. The van der Waals surface area contributed by atoms with Gasteiger partial charge in [0.05, 0.1) is 18.1 Å². The molecule has 0 aliphatic carbocycles. The highest BCUT2D eigenvalue weighted by molar-refractivity contribution is 5.37. The second kappa shape index (κ2) is 5.22. The van der Waals surface area contributed by atoms with E-state index in [0.717, 1.165) is 37.1 Å². The first-order valence-electron chi connectivity index (χ1n) is 6.71. The van der Waals surface area contributed by atoms with Gasteiger partial charge in [0.15, 0.2) is 0 Å². The Labute approximate surface area is 110 Å². The van der Waals surface area contributed by atoms with Crippen molar-refractivity contribution in [3.8, 4) is 0 Å². The van der Waals surface area contributed by atoms with E-state index in [4.69, 9.17) is 0 Å². The van der Waals surface area contributed by atoms with E-state index in [-0.39, 0.29) is 0 Å². The summed E-state index contributed by atoms with van der Waals surface area (Å²) >= 11 is 0. The third kappa shape index (κ3) is 2.99. The van der Waals surface area contributed by atoms with Gasteiger partial charge in [0.25, 0.3) is 0 Å². The van der Waals surface area contributed by atoms with Crippen LogP contribution in [0.4, 0.5) is 5.82 Å². The Kier molecular flexibility index (Phi) is 3.85. The predicted octanol–water partition coefficient (Wildman–Crippen LogP) is 2.07. The highest BCUT2D eigenvalue weighted by atomic mass is 15.2. The van der Waals surface area contributed by atoms with Crippen LogP contribution in [0.1, 0.15) is 32.9 Å². The summed E-state index contributed by atoms with van der Waals surface area (Å²) in [5.41, 5.74) is 1.38. The average molecular weight is 248 g/mol. The first-order chi connectivity index (χ1) is 8.50. The maximum atomic E-state index is 4.52. The van der Waals surface area contributed by atoms with Gasteiger partial charge in [0, 0.05) is 19.6 Å². The van der Waals surface area contributed by atoms with Gasteiger partial charge in [-0.2, -0.15) is 0 Å². The molecular formula is C14H24N4. The summed E-state index contributed by atoms with van der Waals surface area (Å²) in [5, 5.41) is 3.08. The Morgan fingerprint density at radius 3 is 2.61 bits per heavy atom. The monoisotopic (exact) mass is 248 g/mol. The lowest BCUT2D eigenvalue weighted by molar-refractivity contribution is 0.263. The molecule has 1 aromatic heterocycles. The van der Waals surface area contributed by atoms with Gasteiger partial charge in [-0.3, -0.25) is 4.98 Å². The number of aromatic nitrogens is 2. The topological polar surface area (TPSA) is 41.1 Å². The third-order valence-electron chi connectivity index (χ3n) is 3.79. The number of hydrogen-bond donors (Lipinski definition) is 1. The van der Waals surface area contributed by atoms with E-state index in [1.54, 1.807) is 0 Å². The molecular weight excluding hydrogens is 224 g/mol. The zero-order valence-electron chi connectivity index (χ0n) is 11.9. The summed E-state index contributed by atoms with van der Waals surface area (Å²) in [7, 11) is 1.92. The lowest BCUT2D eigenvalue weighted by Crippen LogP contribution is -2.26. The first-order valence-corrected chi connectivity index (χ1v) is 6.71. The van der Waals surface area contributed by atoms with Crippen LogP contribution in [0.3, 0.4) is 0 Å². The van der Waals surface area contributed by atoms with Gasteiger partial charge >= 0.3 is 0 Å². The molecule has 1 aliphatic rings. The van der Waals surface area contributed by atoms with E-state index >= 15 is 0 Å². The van der Waals surface area contributed by atoms with Gasteiger partial charge in [-0.15, -0.1) is 0 Å². The molecule has 0 aromatic carbocycles. The fourth-order valence-electron chi connectivity index (χ4n) is 2.46. The average Bonchev–Trinajstić information content (AvgIpc) is 2.79. The normalized spacial score (nSPS) is 20.4. The molecule has 1 saturated heterocycles. The van der Waals surface area contributed by atoms with E-state index in [1.165, 1.54) is 6.42 Å². The van der Waals surface area contributed by atoms with Crippen molar-refractivity contribution in [3.05, 3.63) is 18.1 Å². The van der Waals surface area contributed by atoms with Gasteiger partial charge in [-0.1, -0.05) is 20.8 Å². The first kappa shape index (κ1) is 13.3. The Bertz CT molecular complexity index is 380. The van der Waals surface area contributed by atoms with E-state index in [2.05, 4.69) is 41.0 Å². The minimum Gasteiger partial charge on any atom is -0.355 e. The molecule has 1 fully saturated rings. The van der Waals surface area contributed by atoms with Crippen LogP contribution in [-0.4, -0.2) is 30.1 Å². The van der Waals surface area contributed by atoms with Gasteiger partial charge < -0.3 is 10.2 Å². The van der Waals surface area contributed by atoms with Crippen molar-refractivity contribution >= 4 is 5.82 Å². The Morgan fingerprint density at radius 2 is 2.11 bits per heavy atom. The van der Waals surface area contributed by atoms with Gasteiger partial charge in [-0.25, -0.2) is 4.98 Å². The van der Waals surface area contributed by atoms with Crippen LogP contribution in [0.5, 0.6) is 0 Å². The van der Waals surface area contributed by atoms with E-state index < -0.39 is 0 Å². The van der Waals surface area contributed by atoms with Crippen LogP contribution in [0, 0.1) is 11.3 Å². The van der Waals surface area contributed by atoms with E-state index in [0.29, 0.717) is 5.41 Å². The summed E-state index contributed by atoms with van der Waals surface area (Å²) in [6, 6.07) is 0. The maximum absolute atomic E-state index is 4.52. The quantitative estimate of drug-likeness (QED) is 0.889. The standard InChI is InChI=1S/C14H24N4/c1-14(2,3)11-5-6-18(10-11)13-9-16-12(7-15-4)8-17-13/h8-9,11,15H,5-7,10H2,1-4H3. The van der Waals surface area contributed by atoms with Crippen LogP contribution in [0.15, 0.2) is 12.4 Å². The summed E-state index contributed by atoms with van der Waals surface area (Å²) in [6.45, 7) is 9.94. The van der Waals surface area contributed by atoms with Crippen molar-refractivity contribution in [3.63, 3.8) is 0 Å². The van der Waals surface area contributed by atoms with Crippen LogP contribution >= 0.6 is 0 Å². The zero-order valence-corrected chi connectivity index (χ0v) is 11.9. The number of nitrogens with one attached hydrogen (secondary N) is 1. The fourth-order valence-corrected chi connectivity index (χ4v) is 2.46. The van der Waals surface area contributed by atoms with Crippen LogP contribution in [-0.2, 0) is 6.54 Å². The largest absolute Gasteiger partial charge is 0.355 e. The molecule has 0 saturated carbocycles. The van der Waals surface area contributed by atoms with Crippen LogP contribution in [0.2, 0.25) is 0 Å². The van der Waals surface area contributed by atoms with Crippen LogP contribution in [0.25, 0.3) is 0 Å². The maximum Gasteiger partial charge on any atom is 0.147 e. The minimum atomic E-state index is 0.383. The molecule has 0 spiro atoms. The van der Waals surface area contributed by atoms with Crippen molar-refractivity contribution in [1.82, 2.24) is 15.3 Å². The van der Waals surface area contributed by atoms with Gasteiger partial charge in [-0.05, 0) is 24.8 Å². The van der Waals surface area contributed by atoms with E-state index in [9.17, 15) is 0 Å². The lowest BCUT2D eigenvalue weighted by atomic mass is 9.80. The molecule has 1 N–H and O–H groups in total. The van der Waals surface area contributed by atoms with Crippen molar-refractivity contribution in [2.24, 2.45) is 11.3 Å². The highest BCUT2D eigenvalue weighted by Gasteiger charge is 2.32. The zero-order chi connectivity index (χ0) is 13.2. The molecule has 1 atom stereocenters. The van der Waals surface area contributed by atoms with Crippen molar-refractivity contribution in [1.29, 1.82) is 0 Å². The second-order valence-corrected chi connectivity index (χ2v) is 6.19. The fraction of sp³-hybridized carbons (Fsp3) is 0.714. The molecule has 100 valence electrons. The molecule has 0 radical (unpaired) electrons. The number of hydrogen-bond acceptors (Lipinski definition) is 4. The molecule has 1 aliphatic heterocycles. The summed E-state index contributed by atoms with van der Waals surface area (Å²) < 4.78 is 0.